The first-order chi connectivity index (χ1) is 28.0. The lowest BCUT2D eigenvalue weighted by atomic mass is 10.0. The lowest BCUT2D eigenvalue weighted by Gasteiger charge is -2.28. The van der Waals surface area contributed by atoms with Crippen molar-refractivity contribution < 1.29 is 42.1 Å². The van der Waals surface area contributed by atoms with Gasteiger partial charge in [0.1, 0.15) is 19.8 Å². The van der Waals surface area contributed by atoms with Gasteiger partial charge >= 0.3 is 11.9 Å². The summed E-state index contributed by atoms with van der Waals surface area (Å²) in [5.41, 5.74) is 0. The molecule has 0 saturated heterocycles. The second-order valence-corrected chi connectivity index (χ2v) is 18.5. The maximum atomic E-state index is 12.7. The third kappa shape index (κ3) is 43.8. The van der Waals surface area contributed by atoms with Gasteiger partial charge in [-0.25, -0.2) is 0 Å². The van der Waals surface area contributed by atoms with Crippen molar-refractivity contribution in [1.82, 2.24) is 0 Å². The highest BCUT2D eigenvalue weighted by Gasteiger charge is 2.21. The van der Waals surface area contributed by atoms with E-state index in [0.29, 0.717) is 23.9 Å². The van der Waals surface area contributed by atoms with Crippen molar-refractivity contribution in [2.75, 3.05) is 47.5 Å². The maximum absolute atomic E-state index is 12.7. The molecule has 1 unspecified atom stereocenters. The van der Waals surface area contributed by atoms with E-state index in [0.717, 1.165) is 38.5 Å². The first kappa shape index (κ1) is 56.2. The van der Waals surface area contributed by atoms with Crippen molar-refractivity contribution in [3.63, 3.8) is 0 Å². The van der Waals surface area contributed by atoms with Gasteiger partial charge in [-0.15, -0.1) is 0 Å². The van der Waals surface area contributed by atoms with E-state index in [2.05, 4.69) is 50.3 Å². The molecule has 0 fully saturated rings. The Hall–Kier alpha value is -1.77. The Labute approximate surface area is 357 Å². The van der Waals surface area contributed by atoms with E-state index in [1.54, 1.807) is 0 Å². The largest absolute Gasteiger partial charge is 0.756 e. The number of carbonyl (C=O) groups is 2. The van der Waals surface area contributed by atoms with Crippen LogP contribution < -0.4 is 4.89 Å². The molecule has 9 nitrogen and oxygen atoms in total. The Morgan fingerprint density at radius 3 is 1.43 bits per heavy atom. The first-order valence-corrected chi connectivity index (χ1v) is 25.2. The summed E-state index contributed by atoms with van der Waals surface area (Å²) in [7, 11) is 1.14. The average Bonchev–Trinajstić information content (AvgIpc) is 3.17. The van der Waals surface area contributed by atoms with Crippen LogP contribution in [-0.2, 0) is 32.7 Å². The number of phosphoric ester groups is 1. The minimum Gasteiger partial charge on any atom is -0.756 e. The Morgan fingerprint density at radius 2 is 0.948 bits per heavy atom. The molecule has 0 aliphatic heterocycles. The molecule has 0 spiro atoms. The number of rotatable bonds is 43. The van der Waals surface area contributed by atoms with Crippen LogP contribution >= 0.6 is 7.82 Å². The molecule has 0 rings (SSSR count). The van der Waals surface area contributed by atoms with E-state index in [1.165, 1.54) is 128 Å². The normalized spacial score (nSPS) is 13.8. The topological polar surface area (TPSA) is 111 Å². The third-order valence-electron chi connectivity index (χ3n) is 10.2. The highest BCUT2D eigenvalue weighted by Crippen LogP contribution is 2.38. The number of ether oxygens (including phenoxy) is 2. The van der Waals surface area contributed by atoms with Gasteiger partial charge in [-0.3, -0.25) is 14.2 Å². The number of likely N-dealkylation sites (N-methyl/N-ethyl adjacent to an activating group) is 1. The van der Waals surface area contributed by atoms with E-state index in [9.17, 15) is 19.0 Å². The zero-order valence-corrected chi connectivity index (χ0v) is 39.1. The van der Waals surface area contributed by atoms with Crippen LogP contribution in [0.3, 0.4) is 0 Å². The van der Waals surface area contributed by atoms with Crippen LogP contribution in [0.4, 0.5) is 0 Å². The number of unbranched alkanes of at least 4 members (excludes halogenated alkanes) is 23. The minimum absolute atomic E-state index is 0.0389. The van der Waals surface area contributed by atoms with Crippen LogP contribution in [0.2, 0.25) is 0 Å². The quantitative estimate of drug-likeness (QED) is 0.0196. The van der Waals surface area contributed by atoms with Crippen molar-refractivity contribution in [1.29, 1.82) is 0 Å². The average molecular weight is 840 g/mol. The maximum Gasteiger partial charge on any atom is 0.306 e. The molecule has 0 bridgehead atoms. The van der Waals surface area contributed by atoms with Crippen LogP contribution in [0, 0.1) is 0 Å². The molecule has 0 amide bonds. The van der Waals surface area contributed by atoms with E-state index in [4.69, 9.17) is 18.5 Å². The van der Waals surface area contributed by atoms with Crippen molar-refractivity contribution >= 4 is 19.8 Å². The predicted molar refractivity (Wildman–Crippen MR) is 241 cm³/mol. The third-order valence-corrected chi connectivity index (χ3v) is 11.1. The van der Waals surface area contributed by atoms with Crippen molar-refractivity contribution in [2.45, 2.75) is 213 Å². The molecule has 0 aliphatic carbocycles. The summed E-state index contributed by atoms with van der Waals surface area (Å²) in [5.74, 6) is -0.888. The van der Waals surface area contributed by atoms with E-state index < -0.39 is 32.5 Å². The predicted octanol–water partition coefficient (Wildman–Crippen LogP) is 13.1. The number of carbonyl (C=O) groups excluding carboxylic acids is 2. The van der Waals surface area contributed by atoms with E-state index in [-0.39, 0.29) is 26.1 Å². The van der Waals surface area contributed by atoms with Crippen LogP contribution in [0.5, 0.6) is 0 Å². The SMILES string of the molecule is CCCCCCCC/C=C/C/C=C/C/C=C/CCCC(=O)O[C@H](COC(=O)CCCCCCCCCCCCCCCCCCC)COP(=O)([O-])OCC[N+](C)(C)C. The molecule has 58 heavy (non-hydrogen) atoms. The molecule has 2 atom stereocenters. The molecule has 0 aromatic rings. The lowest BCUT2D eigenvalue weighted by molar-refractivity contribution is -0.870. The zero-order chi connectivity index (χ0) is 42.8. The molecule has 0 aromatic carbocycles. The molecule has 0 heterocycles. The number of quaternary nitrogens is 1. The summed E-state index contributed by atoms with van der Waals surface area (Å²) < 4.78 is 33.9. The number of hydrogen-bond acceptors (Lipinski definition) is 8. The standard InChI is InChI=1S/C48H90NO8P/c1-6-8-10-12-14-16-18-20-22-24-26-28-30-32-34-36-38-40-47(50)54-44-46(45-56-58(52,53)55-43-42-49(3,4)5)57-48(51)41-39-37-35-33-31-29-27-25-23-21-19-17-15-13-11-9-7-2/h21,23,27,29,33,35,46H,6-20,22,24-26,28,30-32,34,36-45H2,1-5H3/b23-21+,29-27+,35-33+/t46-/m1/s1. The number of hydrogen-bond donors (Lipinski definition) is 0. The van der Waals surface area contributed by atoms with Gasteiger partial charge in [0.25, 0.3) is 7.82 Å². The van der Waals surface area contributed by atoms with Gasteiger partial charge in [0, 0.05) is 12.8 Å². The van der Waals surface area contributed by atoms with Gasteiger partial charge in [0.15, 0.2) is 6.10 Å². The van der Waals surface area contributed by atoms with Gasteiger partial charge in [0.05, 0.1) is 27.7 Å². The molecule has 340 valence electrons. The van der Waals surface area contributed by atoms with Crippen molar-refractivity contribution in [3.8, 4) is 0 Å². The second kappa shape index (κ2) is 40.6. The second-order valence-electron chi connectivity index (χ2n) is 17.1. The van der Waals surface area contributed by atoms with E-state index >= 15 is 0 Å². The fourth-order valence-corrected chi connectivity index (χ4v) is 7.16. The van der Waals surface area contributed by atoms with Gasteiger partial charge < -0.3 is 27.9 Å². The molecule has 0 aromatic heterocycles. The summed E-state index contributed by atoms with van der Waals surface area (Å²) in [5, 5.41) is 0. The monoisotopic (exact) mass is 840 g/mol. The molecule has 10 heteroatoms. The number of esters is 2. The van der Waals surface area contributed by atoms with E-state index in [1.807, 2.05) is 21.1 Å². The Kier molecular flexibility index (Phi) is 39.4. The first-order valence-electron chi connectivity index (χ1n) is 23.7. The van der Waals surface area contributed by atoms with Crippen molar-refractivity contribution in [3.05, 3.63) is 36.5 Å². The summed E-state index contributed by atoms with van der Waals surface area (Å²) in [6.45, 7) is 4.18. The molecular formula is C48H90NO8P. The molecule has 0 N–H and O–H groups in total. The number of phosphoric acid groups is 1. The van der Waals surface area contributed by atoms with Gasteiger partial charge in [-0.05, 0) is 44.9 Å². The van der Waals surface area contributed by atoms with Crippen LogP contribution in [0.15, 0.2) is 36.5 Å². The van der Waals surface area contributed by atoms with Crippen LogP contribution in [0.25, 0.3) is 0 Å². The van der Waals surface area contributed by atoms with Crippen LogP contribution in [0.1, 0.15) is 206 Å². The van der Waals surface area contributed by atoms with Crippen LogP contribution in [-0.4, -0.2) is 70.0 Å². The molecule has 0 radical (unpaired) electrons. The highest BCUT2D eigenvalue weighted by atomic mass is 31.2. The fraction of sp³-hybridized carbons (Fsp3) is 0.833. The summed E-state index contributed by atoms with van der Waals surface area (Å²) in [4.78, 5) is 37.6. The number of nitrogens with zero attached hydrogens (tertiary/aromatic N) is 1. The van der Waals surface area contributed by atoms with Gasteiger partial charge in [-0.1, -0.05) is 185 Å². The minimum atomic E-state index is -4.64. The smallest absolute Gasteiger partial charge is 0.306 e. The van der Waals surface area contributed by atoms with Gasteiger partial charge in [-0.2, -0.15) is 0 Å². The van der Waals surface area contributed by atoms with Crippen molar-refractivity contribution in [2.24, 2.45) is 0 Å². The molecular weight excluding hydrogens is 750 g/mol. The Morgan fingerprint density at radius 1 is 0.534 bits per heavy atom. The van der Waals surface area contributed by atoms with Gasteiger partial charge in [0.2, 0.25) is 0 Å². The summed E-state index contributed by atoms with van der Waals surface area (Å²) >= 11 is 0. The Bertz CT molecular complexity index is 1090. The molecule has 0 saturated carbocycles. The molecule has 0 aliphatic rings. The highest BCUT2D eigenvalue weighted by molar-refractivity contribution is 7.45. The summed E-state index contributed by atoms with van der Waals surface area (Å²) in [6, 6.07) is 0. The zero-order valence-electron chi connectivity index (χ0n) is 38.2. The lowest BCUT2D eigenvalue weighted by Crippen LogP contribution is -2.37. The number of allylic oxidation sites excluding steroid dienone is 6. The Balaban J connectivity index is 4.38. The summed E-state index contributed by atoms with van der Waals surface area (Å²) in [6.07, 6.45) is 46.1. The fourth-order valence-electron chi connectivity index (χ4n) is 6.44.